The number of hydrogen-bond acceptors (Lipinski definition) is 4. The van der Waals surface area contributed by atoms with E-state index in [1.807, 2.05) is 40.6 Å². The van der Waals surface area contributed by atoms with Gasteiger partial charge in [0.05, 0.1) is 19.4 Å². The Balaban J connectivity index is 1.86. The highest BCUT2D eigenvalue weighted by atomic mass is 35.5. The lowest BCUT2D eigenvalue weighted by Crippen LogP contribution is -2.42. The molecule has 7 heteroatoms. The van der Waals surface area contributed by atoms with E-state index in [9.17, 15) is 0 Å². The number of halogens is 1. The molecule has 118 valence electrons. The second-order valence-corrected chi connectivity index (χ2v) is 6.37. The molecule has 0 N–H and O–H groups in total. The average molecular weight is 339 g/mol. The maximum absolute atomic E-state index is 5.95. The average Bonchev–Trinajstić information content (AvgIpc) is 2.77. The molecule has 0 aliphatic carbocycles. The van der Waals surface area contributed by atoms with Gasteiger partial charge in [0.1, 0.15) is 0 Å². The van der Waals surface area contributed by atoms with Gasteiger partial charge in [-0.05, 0) is 43.4 Å². The zero-order valence-electron chi connectivity index (χ0n) is 12.7. The molecule has 1 aromatic heterocycles. The molecule has 22 heavy (non-hydrogen) atoms. The molecule has 0 bridgehead atoms. The van der Waals surface area contributed by atoms with Gasteiger partial charge in [0.15, 0.2) is 10.6 Å². The highest BCUT2D eigenvalue weighted by molar-refractivity contribution is 7.71. The Hall–Kier alpha value is -1.21. The van der Waals surface area contributed by atoms with Gasteiger partial charge in [-0.2, -0.15) is 5.10 Å². The van der Waals surface area contributed by atoms with Crippen LogP contribution in [0.1, 0.15) is 6.92 Å². The van der Waals surface area contributed by atoms with E-state index in [1.165, 1.54) is 0 Å². The van der Waals surface area contributed by atoms with Gasteiger partial charge in [-0.25, -0.2) is 4.68 Å². The first-order chi connectivity index (χ1) is 10.5. The molecule has 0 saturated carbocycles. The van der Waals surface area contributed by atoms with Crippen LogP contribution in [-0.4, -0.2) is 45.0 Å². The summed E-state index contributed by atoms with van der Waals surface area (Å²) >= 11 is 11.5. The van der Waals surface area contributed by atoms with Crippen LogP contribution in [0.2, 0.25) is 5.02 Å². The van der Waals surface area contributed by atoms with E-state index < -0.39 is 0 Å². The Labute approximate surface area is 140 Å². The van der Waals surface area contributed by atoms with Crippen LogP contribution >= 0.6 is 23.8 Å². The number of ether oxygens (including phenoxy) is 1. The van der Waals surface area contributed by atoms with Crippen LogP contribution in [0, 0.1) is 4.77 Å². The van der Waals surface area contributed by atoms with E-state index in [0.717, 1.165) is 31.1 Å². The minimum absolute atomic E-state index is 0.252. The number of morpholine rings is 1. The Morgan fingerprint density at radius 3 is 2.77 bits per heavy atom. The van der Waals surface area contributed by atoms with Gasteiger partial charge in [-0.3, -0.25) is 4.90 Å². The maximum atomic E-state index is 5.95. The summed E-state index contributed by atoms with van der Waals surface area (Å²) in [4.78, 5) is 2.31. The fraction of sp³-hybridized carbons (Fsp3) is 0.467. The van der Waals surface area contributed by atoms with Crippen molar-refractivity contribution in [2.45, 2.75) is 19.7 Å². The summed E-state index contributed by atoms with van der Waals surface area (Å²) in [6.07, 6.45) is 0.252. The molecule has 1 aromatic carbocycles. The van der Waals surface area contributed by atoms with Crippen molar-refractivity contribution in [1.82, 2.24) is 19.2 Å². The van der Waals surface area contributed by atoms with Gasteiger partial charge in [-0.15, -0.1) is 0 Å². The molecule has 1 aliphatic rings. The Morgan fingerprint density at radius 1 is 1.36 bits per heavy atom. The SMILES string of the molecule is C[C@@H]1CN(Cn2nc(-c3ccc(Cl)cc3)n(C)c2=S)CCO1. The topological polar surface area (TPSA) is 35.2 Å². The highest BCUT2D eigenvalue weighted by Gasteiger charge is 2.18. The lowest BCUT2D eigenvalue weighted by Gasteiger charge is -2.30. The summed E-state index contributed by atoms with van der Waals surface area (Å²) in [5.74, 6) is 0.850. The van der Waals surface area contributed by atoms with E-state index in [1.54, 1.807) is 0 Å². The van der Waals surface area contributed by atoms with Crippen LogP contribution in [0.15, 0.2) is 24.3 Å². The van der Waals surface area contributed by atoms with Gasteiger partial charge in [0.25, 0.3) is 0 Å². The van der Waals surface area contributed by atoms with Crippen molar-refractivity contribution in [2.75, 3.05) is 19.7 Å². The lowest BCUT2D eigenvalue weighted by atomic mass is 10.2. The molecule has 0 unspecified atom stereocenters. The van der Waals surface area contributed by atoms with Crippen LogP contribution in [0.5, 0.6) is 0 Å². The third-order valence-electron chi connectivity index (χ3n) is 3.80. The molecule has 1 fully saturated rings. The van der Waals surface area contributed by atoms with Crippen molar-refractivity contribution in [1.29, 1.82) is 0 Å². The van der Waals surface area contributed by atoms with Crippen LogP contribution in [0.25, 0.3) is 11.4 Å². The van der Waals surface area contributed by atoms with Gasteiger partial charge >= 0.3 is 0 Å². The summed E-state index contributed by atoms with van der Waals surface area (Å²) in [6, 6.07) is 7.65. The minimum atomic E-state index is 0.252. The van der Waals surface area contributed by atoms with E-state index in [2.05, 4.69) is 16.9 Å². The number of aromatic nitrogens is 3. The van der Waals surface area contributed by atoms with Crippen molar-refractivity contribution < 1.29 is 4.74 Å². The summed E-state index contributed by atoms with van der Waals surface area (Å²) in [6.45, 7) is 5.33. The van der Waals surface area contributed by atoms with E-state index >= 15 is 0 Å². The molecule has 0 amide bonds. The van der Waals surface area contributed by atoms with Crippen molar-refractivity contribution in [3.63, 3.8) is 0 Å². The first-order valence-corrected chi connectivity index (χ1v) is 8.07. The zero-order valence-corrected chi connectivity index (χ0v) is 14.3. The smallest absolute Gasteiger partial charge is 0.199 e. The largest absolute Gasteiger partial charge is 0.376 e. The second kappa shape index (κ2) is 6.50. The molecule has 1 saturated heterocycles. The number of rotatable bonds is 3. The predicted molar refractivity (Wildman–Crippen MR) is 89.5 cm³/mol. The van der Waals surface area contributed by atoms with Crippen LogP contribution in [-0.2, 0) is 18.5 Å². The molecule has 0 spiro atoms. The summed E-state index contributed by atoms with van der Waals surface area (Å²) < 4.78 is 10.1. The molecular weight excluding hydrogens is 320 g/mol. The lowest BCUT2D eigenvalue weighted by molar-refractivity contribution is -0.0307. The quantitative estimate of drug-likeness (QED) is 0.806. The summed E-state index contributed by atoms with van der Waals surface area (Å²) in [5.41, 5.74) is 1.01. The van der Waals surface area contributed by atoms with Crippen LogP contribution in [0.3, 0.4) is 0 Å². The Kier molecular flexibility index (Phi) is 4.63. The molecule has 5 nitrogen and oxygen atoms in total. The highest BCUT2D eigenvalue weighted by Crippen LogP contribution is 2.20. The van der Waals surface area contributed by atoms with E-state index in [-0.39, 0.29) is 6.10 Å². The standard InChI is InChI=1S/C15H19ClN4OS/c1-11-9-19(7-8-21-11)10-20-15(22)18(2)14(17-20)12-3-5-13(16)6-4-12/h3-6,11H,7-10H2,1-2H3/t11-/m1/s1. The monoisotopic (exact) mass is 338 g/mol. The third kappa shape index (κ3) is 3.25. The van der Waals surface area contributed by atoms with Gasteiger partial charge in [0, 0.05) is 30.7 Å². The van der Waals surface area contributed by atoms with E-state index in [4.69, 9.17) is 28.6 Å². The zero-order chi connectivity index (χ0) is 15.7. The van der Waals surface area contributed by atoms with Crippen LogP contribution in [0.4, 0.5) is 0 Å². The van der Waals surface area contributed by atoms with Crippen molar-refractivity contribution in [3.05, 3.63) is 34.1 Å². The number of hydrogen-bond donors (Lipinski definition) is 0. The molecule has 2 heterocycles. The van der Waals surface area contributed by atoms with Crippen molar-refractivity contribution >= 4 is 23.8 Å². The van der Waals surface area contributed by atoms with Gasteiger partial charge in [0.2, 0.25) is 0 Å². The molecule has 1 aliphatic heterocycles. The molecule has 3 rings (SSSR count). The van der Waals surface area contributed by atoms with Crippen molar-refractivity contribution in [3.8, 4) is 11.4 Å². The van der Waals surface area contributed by atoms with E-state index in [0.29, 0.717) is 16.5 Å². The summed E-state index contributed by atoms with van der Waals surface area (Å²) in [7, 11) is 1.94. The minimum Gasteiger partial charge on any atom is -0.376 e. The normalized spacial score (nSPS) is 19.5. The fourth-order valence-electron chi connectivity index (χ4n) is 2.64. The molecule has 1 atom stereocenters. The first-order valence-electron chi connectivity index (χ1n) is 7.28. The molecule has 2 aromatic rings. The maximum Gasteiger partial charge on any atom is 0.199 e. The third-order valence-corrected chi connectivity index (χ3v) is 4.54. The summed E-state index contributed by atoms with van der Waals surface area (Å²) in [5, 5.41) is 5.39. The fourth-order valence-corrected chi connectivity index (χ4v) is 2.95. The first kappa shape index (κ1) is 15.7. The Morgan fingerprint density at radius 2 is 2.09 bits per heavy atom. The van der Waals surface area contributed by atoms with Gasteiger partial charge < -0.3 is 9.30 Å². The van der Waals surface area contributed by atoms with Gasteiger partial charge in [-0.1, -0.05) is 11.6 Å². The Bertz CT molecular complexity index is 709. The number of nitrogens with zero attached hydrogens (tertiary/aromatic N) is 4. The number of benzene rings is 1. The second-order valence-electron chi connectivity index (χ2n) is 5.57. The van der Waals surface area contributed by atoms with Crippen LogP contribution < -0.4 is 0 Å². The predicted octanol–water partition coefficient (Wildman–Crippen LogP) is 2.95. The van der Waals surface area contributed by atoms with Crippen molar-refractivity contribution in [2.24, 2.45) is 7.05 Å². The molecular formula is C15H19ClN4OS. The molecule has 0 radical (unpaired) electrons.